The number of nitrogens with one attached hydrogen (secondary N) is 1. The molecule has 1 N–H and O–H groups in total. The second-order valence-electron chi connectivity index (χ2n) is 5.02. The zero-order valence-electron chi connectivity index (χ0n) is 12.2. The number of carbonyl (C=O) groups is 1. The van der Waals surface area contributed by atoms with Crippen LogP contribution >= 0.6 is 11.6 Å². The van der Waals surface area contributed by atoms with Gasteiger partial charge in [-0.1, -0.05) is 18.2 Å². The van der Waals surface area contributed by atoms with Crippen LogP contribution in [0.4, 0.5) is 18.9 Å². The van der Waals surface area contributed by atoms with E-state index in [-0.39, 0.29) is 16.7 Å². The number of amides is 1. The number of hydrogen-bond acceptors (Lipinski definition) is 3. The minimum Gasteiger partial charge on any atom is -0.350 e. The Morgan fingerprint density at radius 2 is 2.00 bits per heavy atom. The van der Waals surface area contributed by atoms with E-state index in [4.69, 9.17) is 11.6 Å². The van der Waals surface area contributed by atoms with Gasteiger partial charge in [0.05, 0.1) is 11.9 Å². The number of anilines is 1. The summed E-state index contributed by atoms with van der Waals surface area (Å²) >= 11 is 5.79. The average molecular weight is 355 g/mol. The Morgan fingerprint density at radius 1 is 1.29 bits per heavy atom. The molecule has 0 spiro atoms. The van der Waals surface area contributed by atoms with Crippen LogP contribution in [-0.2, 0) is 11.8 Å². The topological polar surface area (TPSA) is 59.8 Å². The Morgan fingerprint density at radius 3 is 2.71 bits per heavy atom. The quantitative estimate of drug-likeness (QED) is 0.712. The number of alkyl halides is 3. The lowest BCUT2D eigenvalue weighted by Gasteiger charge is -2.11. The van der Waals surface area contributed by atoms with Crippen LogP contribution < -0.4 is 5.32 Å². The van der Waals surface area contributed by atoms with E-state index >= 15 is 0 Å². The third-order valence-corrected chi connectivity index (χ3v) is 3.60. The summed E-state index contributed by atoms with van der Waals surface area (Å²) in [5.41, 5.74) is 1.34. The highest BCUT2D eigenvalue weighted by molar-refractivity contribution is 6.28. The maximum absolute atomic E-state index is 12.5. The molecule has 0 saturated carbocycles. The van der Waals surface area contributed by atoms with E-state index in [1.165, 1.54) is 0 Å². The normalized spacial score (nSPS) is 11.7. The largest absolute Gasteiger partial charge is 0.471 e. The number of halogens is 4. The van der Waals surface area contributed by atoms with Crippen molar-refractivity contribution in [2.45, 2.75) is 6.18 Å². The molecule has 0 saturated heterocycles. The van der Waals surface area contributed by atoms with Gasteiger partial charge in [0.15, 0.2) is 0 Å². The van der Waals surface area contributed by atoms with Crippen LogP contribution in [0.3, 0.4) is 0 Å². The van der Waals surface area contributed by atoms with Crippen molar-refractivity contribution in [2.24, 2.45) is 7.05 Å². The standard InChI is InChI=1S/C15H10ClF3N4O/c1-23-7-9(8-4-2-3-5-11(8)23)12-10(6-20-14(16)22-12)21-13(24)15(17,18)19/h2-7H,1H3,(H,21,24). The van der Waals surface area contributed by atoms with Gasteiger partial charge in [-0.3, -0.25) is 4.79 Å². The van der Waals surface area contributed by atoms with Crippen molar-refractivity contribution in [3.05, 3.63) is 41.9 Å². The summed E-state index contributed by atoms with van der Waals surface area (Å²) in [4.78, 5) is 18.9. The predicted octanol–water partition coefficient (Wildman–Crippen LogP) is 3.79. The molecule has 0 bridgehead atoms. The molecule has 0 atom stereocenters. The number of aryl methyl sites for hydroxylation is 1. The molecule has 2 heterocycles. The molecule has 9 heteroatoms. The number of hydrogen-bond donors (Lipinski definition) is 1. The first kappa shape index (κ1) is 16.3. The molecule has 0 fully saturated rings. The van der Waals surface area contributed by atoms with E-state index < -0.39 is 12.1 Å². The molecule has 1 aromatic carbocycles. The highest BCUT2D eigenvalue weighted by Gasteiger charge is 2.39. The number of carbonyl (C=O) groups excluding carboxylic acids is 1. The second kappa shape index (κ2) is 5.79. The molecule has 5 nitrogen and oxygen atoms in total. The second-order valence-corrected chi connectivity index (χ2v) is 5.36. The Kier molecular flexibility index (Phi) is 3.92. The van der Waals surface area contributed by atoms with E-state index in [1.54, 1.807) is 35.3 Å². The van der Waals surface area contributed by atoms with Gasteiger partial charge < -0.3 is 9.88 Å². The molecule has 1 amide bonds. The molecule has 0 aliphatic carbocycles. The van der Waals surface area contributed by atoms with Crippen molar-refractivity contribution in [3.8, 4) is 11.3 Å². The number of benzene rings is 1. The van der Waals surface area contributed by atoms with Crippen molar-refractivity contribution < 1.29 is 18.0 Å². The zero-order valence-corrected chi connectivity index (χ0v) is 13.0. The Hall–Kier alpha value is -2.61. The lowest BCUT2D eigenvalue weighted by molar-refractivity contribution is -0.167. The van der Waals surface area contributed by atoms with Gasteiger partial charge in [0.25, 0.3) is 0 Å². The smallest absolute Gasteiger partial charge is 0.350 e. The molecule has 0 radical (unpaired) electrons. The van der Waals surface area contributed by atoms with E-state index in [1.807, 2.05) is 12.1 Å². The third kappa shape index (κ3) is 2.92. The minimum atomic E-state index is -5.02. The van der Waals surface area contributed by atoms with E-state index in [0.717, 1.165) is 17.1 Å². The average Bonchev–Trinajstić information content (AvgIpc) is 2.85. The summed E-state index contributed by atoms with van der Waals surface area (Å²) in [5.74, 6) is -2.10. The summed E-state index contributed by atoms with van der Waals surface area (Å²) in [6.45, 7) is 0. The lowest BCUT2D eigenvalue weighted by Crippen LogP contribution is -2.30. The third-order valence-electron chi connectivity index (χ3n) is 3.42. The van der Waals surface area contributed by atoms with Crippen molar-refractivity contribution in [1.29, 1.82) is 0 Å². The molecular formula is C15H10ClF3N4O. The summed E-state index contributed by atoms with van der Waals surface area (Å²) in [6, 6.07) is 7.29. The van der Waals surface area contributed by atoms with Crippen LogP contribution in [-0.4, -0.2) is 26.6 Å². The van der Waals surface area contributed by atoms with Crippen LogP contribution in [0.25, 0.3) is 22.2 Å². The maximum atomic E-state index is 12.5. The predicted molar refractivity (Wildman–Crippen MR) is 83.6 cm³/mol. The first-order chi connectivity index (χ1) is 11.3. The summed E-state index contributed by atoms with van der Waals surface area (Å²) in [5, 5.41) is 2.42. The molecule has 24 heavy (non-hydrogen) atoms. The van der Waals surface area contributed by atoms with Gasteiger partial charge in [0.1, 0.15) is 5.69 Å². The van der Waals surface area contributed by atoms with Crippen molar-refractivity contribution in [1.82, 2.24) is 14.5 Å². The molecule has 0 aliphatic heterocycles. The first-order valence-electron chi connectivity index (χ1n) is 6.72. The van der Waals surface area contributed by atoms with Crippen LogP contribution in [0, 0.1) is 0 Å². The number of fused-ring (bicyclic) bond motifs is 1. The number of rotatable bonds is 2. The van der Waals surface area contributed by atoms with Crippen LogP contribution in [0.15, 0.2) is 36.7 Å². The van der Waals surface area contributed by atoms with Gasteiger partial charge in [-0.2, -0.15) is 13.2 Å². The highest BCUT2D eigenvalue weighted by Crippen LogP contribution is 2.34. The summed E-state index contributed by atoms with van der Waals surface area (Å²) in [7, 11) is 1.79. The van der Waals surface area contributed by atoms with Gasteiger partial charge in [-0.15, -0.1) is 0 Å². The first-order valence-corrected chi connectivity index (χ1v) is 7.10. The molecule has 0 unspecified atom stereocenters. The van der Waals surface area contributed by atoms with Crippen molar-refractivity contribution >= 4 is 34.1 Å². The fourth-order valence-corrected chi connectivity index (χ4v) is 2.51. The SMILES string of the molecule is Cn1cc(-c2nc(Cl)ncc2NC(=O)C(F)(F)F)c2ccccc21. The number of nitrogens with zero attached hydrogens (tertiary/aromatic N) is 3. The van der Waals surface area contributed by atoms with Gasteiger partial charge in [0, 0.05) is 29.7 Å². The van der Waals surface area contributed by atoms with Crippen molar-refractivity contribution in [2.75, 3.05) is 5.32 Å². The van der Waals surface area contributed by atoms with E-state index in [9.17, 15) is 18.0 Å². The molecule has 3 rings (SSSR count). The number of para-hydroxylation sites is 1. The Balaban J connectivity index is 2.16. The lowest BCUT2D eigenvalue weighted by atomic mass is 10.1. The highest BCUT2D eigenvalue weighted by atomic mass is 35.5. The zero-order chi connectivity index (χ0) is 17.5. The summed E-state index contributed by atoms with van der Waals surface area (Å²) < 4.78 is 39.4. The van der Waals surface area contributed by atoms with Crippen LogP contribution in [0.1, 0.15) is 0 Å². The van der Waals surface area contributed by atoms with Gasteiger partial charge in [-0.25, -0.2) is 9.97 Å². The van der Waals surface area contributed by atoms with Gasteiger partial charge >= 0.3 is 12.1 Å². The number of aromatic nitrogens is 3. The van der Waals surface area contributed by atoms with E-state index in [2.05, 4.69) is 9.97 Å². The maximum Gasteiger partial charge on any atom is 0.471 e. The van der Waals surface area contributed by atoms with E-state index in [0.29, 0.717) is 5.56 Å². The van der Waals surface area contributed by atoms with Gasteiger partial charge in [0.2, 0.25) is 5.28 Å². The van der Waals surface area contributed by atoms with Crippen LogP contribution in [0.5, 0.6) is 0 Å². The Labute approximate surface area is 139 Å². The van der Waals surface area contributed by atoms with Crippen molar-refractivity contribution in [3.63, 3.8) is 0 Å². The molecular weight excluding hydrogens is 345 g/mol. The van der Waals surface area contributed by atoms with Crippen LogP contribution in [0.2, 0.25) is 5.28 Å². The Bertz CT molecular complexity index is 936. The summed E-state index contributed by atoms with van der Waals surface area (Å²) in [6.07, 6.45) is -2.27. The van der Waals surface area contributed by atoms with Gasteiger partial charge in [-0.05, 0) is 17.7 Å². The molecule has 124 valence electrons. The monoisotopic (exact) mass is 354 g/mol. The molecule has 0 aliphatic rings. The molecule has 3 aromatic rings. The minimum absolute atomic E-state index is 0.115. The molecule has 2 aromatic heterocycles. The fourth-order valence-electron chi connectivity index (χ4n) is 2.38. The fraction of sp³-hybridized carbons (Fsp3) is 0.133.